The summed E-state index contributed by atoms with van der Waals surface area (Å²) in [6.45, 7) is 4.06. The quantitative estimate of drug-likeness (QED) is 0.213. The van der Waals surface area contributed by atoms with Crippen LogP contribution in [0.1, 0.15) is 51.5 Å². The molecule has 1 N–H and O–H groups in total. The average Bonchev–Trinajstić information content (AvgIpc) is 3.56. The lowest BCUT2D eigenvalue weighted by Crippen LogP contribution is -1.96. The van der Waals surface area contributed by atoms with E-state index in [0.29, 0.717) is 9.48 Å². The Morgan fingerprint density at radius 3 is 1.97 bits per heavy atom. The molecule has 0 radical (unpaired) electrons. The van der Waals surface area contributed by atoms with E-state index in [1.165, 1.54) is 23.1 Å². The average molecular weight is 730 g/mol. The molecule has 0 aliphatic heterocycles. The van der Waals surface area contributed by atoms with Crippen molar-refractivity contribution in [1.82, 2.24) is 28.3 Å². The van der Waals surface area contributed by atoms with Crippen molar-refractivity contribution in [2.45, 2.75) is 32.8 Å². The lowest BCUT2D eigenvalue weighted by molar-refractivity contribution is 0.112. The van der Waals surface area contributed by atoms with Crippen molar-refractivity contribution >= 4 is 83.8 Å². The molecule has 0 fully saturated rings. The van der Waals surface area contributed by atoms with Gasteiger partial charge in [0.2, 0.25) is 0 Å². The third-order valence-electron chi connectivity index (χ3n) is 4.11. The van der Waals surface area contributed by atoms with Gasteiger partial charge < -0.3 is 5.11 Å². The van der Waals surface area contributed by atoms with Gasteiger partial charge in [0.25, 0.3) is 0 Å². The molecule has 13 heteroatoms. The number of aliphatic hydroxyl groups excluding tert-OH is 1. The molecule has 4 rings (SSSR count). The number of carbonyl (C=O) groups excluding carboxylic acids is 1. The van der Waals surface area contributed by atoms with Gasteiger partial charge in [0, 0.05) is 32.1 Å². The third-order valence-corrected chi connectivity index (χ3v) is 8.47. The van der Waals surface area contributed by atoms with E-state index in [9.17, 15) is 9.90 Å². The van der Waals surface area contributed by atoms with Gasteiger partial charge in [0.15, 0.2) is 6.29 Å². The van der Waals surface area contributed by atoms with Crippen molar-refractivity contribution < 1.29 is 9.90 Å². The Bertz CT molecular complexity index is 1150. The van der Waals surface area contributed by atoms with Gasteiger partial charge in [0.05, 0.1) is 24.7 Å². The van der Waals surface area contributed by atoms with Gasteiger partial charge in [-0.2, -0.15) is 18.9 Å². The van der Waals surface area contributed by atoms with Crippen LogP contribution in [0.25, 0.3) is 0 Å². The fraction of sp³-hybridized carbons (Fsp3) is 0.350. The van der Waals surface area contributed by atoms with Crippen LogP contribution in [0.2, 0.25) is 0 Å². The summed E-state index contributed by atoms with van der Waals surface area (Å²) < 4.78 is 14.4. The second-order valence-corrected chi connectivity index (χ2v) is 11.0. The largest absolute Gasteiger partial charge is 0.383 e. The Morgan fingerprint density at radius 2 is 1.61 bits per heavy atom. The molecule has 0 aromatic carbocycles. The number of aryl methyl sites for hydroxylation is 4. The zero-order chi connectivity index (χ0) is 24.5. The second-order valence-electron chi connectivity index (χ2n) is 6.66. The first-order valence-corrected chi connectivity index (χ1v) is 14.0. The molecule has 4 aromatic heterocycles. The molecule has 0 spiro atoms. The predicted molar refractivity (Wildman–Crippen MR) is 147 cm³/mol. The predicted octanol–water partition coefficient (Wildman–Crippen LogP) is 5.59. The highest BCUT2D eigenvalue weighted by molar-refractivity contribution is 14.1. The zero-order valence-electron chi connectivity index (χ0n) is 18.4. The molecule has 0 aliphatic carbocycles. The van der Waals surface area contributed by atoms with E-state index >= 15 is 0 Å². The maximum atomic E-state index is 10.2. The molecule has 0 amide bonds. The monoisotopic (exact) mass is 728 g/mol. The fourth-order valence-corrected chi connectivity index (χ4v) is 5.31. The molecule has 0 aliphatic rings. The molecule has 0 saturated carbocycles. The maximum absolute atomic E-state index is 10.2. The topological polar surface area (TPSA) is 98.7 Å². The third kappa shape index (κ3) is 8.62. The molecule has 4 aromatic rings. The zero-order valence-corrected chi connectivity index (χ0v) is 25.3. The number of hydrogen-bond donors (Lipinski definition) is 1. The minimum atomic E-state index is -0.652. The Labute approximate surface area is 231 Å². The van der Waals surface area contributed by atoms with E-state index in [1.54, 1.807) is 15.6 Å². The minimum Gasteiger partial charge on any atom is -0.383 e. The standard InChI is InChI=1S/C10H12BrN3OS.C6H7NOS.C4H4BrIN2/c1-3-6-4-8(16-13-6)9(15)7-5-14(2)12-10(7)11;1-2-5-3-6(4-8)9-7-5;1-8-2-3(6)4(5)7-8/h4-5,9,15H,3H2,1-2H3;3-4H,2H2,1H3;2H,1H3. The van der Waals surface area contributed by atoms with Gasteiger partial charge in [-0.25, -0.2) is 0 Å². The van der Waals surface area contributed by atoms with Crippen LogP contribution in [0.3, 0.4) is 0 Å². The molecular weight excluding hydrogens is 707 g/mol. The number of carbonyl (C=O) groups is 1. The first-order valence-electron chi connectivity index (χ1n) is 9.76. The Kier molecular flexibility index (Phi) is 11.8. The van der Waals surface area contributed by atoms with E-state index < -0.39 is 6.10 Å². The molecule has 1 unspecified atom stereocenters. The lowest BCUT2D eigenvalue weighted by atomic mass is 10.1. The van der Waals surface area contributed by atoms with Crippen LogP contribution in [0, 0.1) is 3.57 Å². The van der Waals surface area contributed by atoms with Gasteiger partial charge in [-0.15, -0.1) is 0 Å². The molecule has 8 nitrogen and oxygen atoms in total. The number of aldehydes is 1. The Morgan fingerprint density at radius 1 is 1.03 bits per heavy atom. The summed E-state index contributed by atoms with van der Waals surface area (Å²) in [4.78, 5) is 11.7. The van der Waals surface area contributed by atoms with Crippen molar-refractivity contribution in [2.24, 2.45) is 14.1 Å². The normalized spacial score (nSPS) is 11.3. The smallest absolute Gasteiger partial charge is 0.161 e. The number of halogens is 3. The number of aromatic nitrogens is 6. The van der Waals surface area contributed by atoms with Crippen molar-refractivity contribution in [1.29, 1.82) is 0 Å². The fourth-order valence-electron chi connectivity index (χ4n) is 2.42. The van der Waals surface area contributed by atoms with Crippen molar-refractivity contribution in [3.8, 4) is 0 Å². The van der Waals surface area contributed by atoms with E-state index in [4.69, 9.17) is 0 Å². The van der Waals surface area contributed by atoms with Gasteiger partial charge in [-0.1, -0.05) is 13.8 Å². The summed E-state index contributed by atoms with van der Waals surface area (Å²) in [7, 11) is 3.72. The number of aliphatic hydroxyl groups is 1. The Balaban J connectivity index is 0.000000192. The highest BCUT2D eigenvalue weighted by atomic mass is 127. The molecule has 4 heterocycles. The maximum Gasteiger partial charge on any atom is 0.161 e. The van der Waals surface area contributed by atoms with Crippen LogP contribution in [-0.2, 0) is 26.9 Å². The Hall–Kier alpha value is -1.000. The van der Waals surface area contributed by atoms with E-state index in [2.05, 4.69) is 73.4 Å². The second kappa shape index (κ2) is 13.8. The number of hydrogen-bond acceptors (Lipinski definition) is 8. The van der Waals surface area contributed by atoms with Crippen LogP contribution in [0.4, 0.5) is 0 Å². The van der Waals surface area contributed by atoms with Crippen LogP contribution < -0.4 is 0 Å². The van der Waals surface area contributed by atoms with Crippen LogP contribution in [-0.4, -0.2) is 39.7 Å². The van der Waals surface area contributed by atoms with Crippen LogP contribution in [0.5, 0.6) is 0 Å². The first kappa shape index (κ1) is 28.2. The van der Waals surface area contributed by atoms with E-state index in [0.717, 1.165) is 49.1 Å². The minimum absolute atomic E-state index is 0.652. The molecule has 178 valence electrons. The molecule has 0 saturated heterocycles. The summed E-state index contributed by atoms with van der Waals surface area (Å²) in [6.07, 6.45) is 5.73. The summed E-state index contributed by atoms with van der Waals surface area (Å²) in [5.74, 6) is 0. The van der Waals surface area contributed by atoms with Crippen molar-refractivity contribution in [3.63, 3.8) is 0 Å². The lowest BCUT2D eigenvalue weighted by Gasteiger charge is -2.04. The van der Waals surface area contributed by atoms with Crippen LogP contribution in [0.15, 0.2) is 33.7 Å². The van der Waals surface area contributed by atoms with Crippen molar-refractivity contribution in [2.75, 3.05) is 0 Å². The summed E-state index contributed by atoms with van der Waals surface area (Å²) >= 11 is 11.4. The van der Waals surface area contributed by atoms with Gasteiger partial charge >= 0.3 is 0 Å². The highest BCUT2D eigenvalue weighted by Gasteiger charge is 2.19. The summed E-state index contributed by atoms with van der Waals surface area (Å²) in [6, 6.07) is 3.76. The summed E-state index contributed by atoms with van der Waals surface area (Å²) in [5, 5.41) is 18.4. The SMILES string of the molecule is CCc1cc(C(O)c2cn(C)nc2Br)sn1.CCc1cc(C=O)sn1.Cn1cc(I)c(Br)n1. The number of nitrogens with zero attached hydrogens (tertiary/aromatic N) is 6. The number of rotatable bonds is 5. The van der Waals surface area contributed by atoms with E-state index in [-0.39, 0.29) is 0 Å². The molecule has 0 bridgehead atoms. The molecule has 1 atom stereocenters. The van der Waals surface area contributed by atoms with E-state index in [1.807, 2.05) is 46.3 Å². The molecule has 33 heavy (non-hydrogen) atoms. The first-order chi connectivity index (χ1) is 15.7. The van der Waals surface area contributed by atoms with Gasteiger partial charge in [-0.3, -0.25) is 14.2 Å². The highest BCUT2D eigenvalue weighted by Crippen LogP contribution is 2.30. The van der Waals surface area contributed by atoms with Crippen molar-refractivity contribution in [3.05, 3.63) is 64.0 Å². The summed E-state index contributed by atoms with van der Waals surface area (Å²) in [5.41, 5.74) is 2.79. The molecular formula is C20H23Br2IN6O2S2. The van der Waals surface area contributed by atoms with Crippen LogP contribution >= 0.6 is 77.5 Å². The van der Waals surface area contributed by atoms with Gasteiger partial charge in [0.1, 0.15) is 15.3 Å². The van der Waals surface area contributed by atoms with Gasteiger partial charge in [-0.05, 0) is 102 Å².